The number of carbonyl (C=O) groups is 1. The molecule has 0 spiro atoms. The Hall–Kier alpha value is -2.96. The summed E-state index contributed by atoms with van der Waals surface area (Å²) in [5, 5.41) is 19.8. The minimum Gasteiger partial charge on any atom is -0.477 e. The van der Waals surface area contributed by atoms with Crippen LogP contribution in [0.5, 0.6) is 0 Å². The Morgan fingerprint density at radius 3 is 2.65 bits per heavy atom. The maximum absolute atomic E-state index is 11.3. The number of carboxylic acids is 1. The van der Waals surface area contributed by atoms with Gasteiger partial charge in [0.25, 0.3) is 5.69 Å². The zero-order valence-corrected chi connectivity index (χ0v) is 10.2. The summed E-state index contributed by atoms with van der Waals surface area (Å²) in [6.45, 7) is 0.109. The molecule has 0 bridgehead atoms. The van der Waals surface area contributed by atoms with Crippen molar-refractivity contribution in [1.82, 2.24) is 4.57 Å². The summed E-state index contributed by atoms with van der Waals surface area (Å²) in [6.07, 6.45) is 2.56. The van der Waals surface area contributed by atoms with Gasteiger partial charge in [-0.25, -0.2) is 4.79 Å². The van der Waals surface area contributed by atoms with Crippen LogP contribution in [0.3, 0.4) is 0 Å². The van der Waals surface area contributed by atoms with Crippen LogP contribution in [-0.2, 0) is 6.54 Å². The molecule has 0 aliphatic carbocycles. The first-order chi connectivity index (χ1) is 9.49. The number of nitrogens with zero attached hydrogens (tertiary/aromatic N) is 2. The molecule has 0 saturated heterocycles. The third-order valence-electron chi connectivity index (χ3n) is 2.75. The smallest absolute Gasteiger partial charge is 0.341 e. The second-order valence-electron chi connectivity index (χ2n) is 4.09. The van der Waals surface area contributed by atoms with Crippen molar-refractivity contribution in [2.75, 3.05) is 0 Å². The van der Waals surface area contributed by atoms with E-state index in [2.05, 4.69) is 0 Å². The number of hydrogen-bond donors (Lipinski definition) is 1. The van der Waals surface area contributed by atoms with Gasteiger partial charge in [-0.05, 0) is 0 Å². The normalized spacial score (nSPS) is 10.2. The van der Waals surface area contributed by atoms with E-state index in [0.717, 1.165) is 6.07 Å². The van der Waals surface area contributed by atoms with Crippen LogP contribution in [0.25, 0.3) is 0 Å². The number of benzene rings is 1. The molecule has 0 unspecified atom stereocenters. The molecule has 1 N–H and O–H groups in total. The van der Waals surface area contributed by atoms with E-state index in [0.29, 0.717) is 5.56 Å². The van der Waals surface area contributed by atoms with E-state index < -0.39 is 16.3 Å². The average Bonchev–Trinajstić information content (AvgIpc) is 2.41. The minimum absolute atomic E-state index is 0.0527. The lowest BCUT2D eigenvalue weighted by Crippen LogP contribution is -2.17. The van der Waals surface area contributed by atoms with E-state index in [4.69, 9.17) is 5.11 Å². The molecule has 0 fully saturated rings. The molecule has 20 heavy (non-hydrogen) atoms. The molecule has 0 radical (unpaired) electrons. The maximum atomic E-state index is 11.3. The van der Waals surface area contributed by atoms with Crippen LogP contribution in [0.1, 0.15) is 15.9 Å². The Kier molecular flexibility index (Phi) is 3.60. The Balaban J connectivity index is 2.41. The van der Waals surface area contributed by atoms with Crippen molar-refractivity contribution in [3.05, 3.63) is 74.2 Å². The molecular weight excluding hydrogens is 264 g/mol. The number of rotatable bonds is 4. The van der Waals surface area contributed by atoms with Crippen molar-refractivity contribution in [3.63, 3.8) is 0 Å². The van der Waals surface area contributed by atoms with E-state index in [1.54, 1.807) is 18.2 Å². The highest BCUT2D eigenvalue weighted by Crippen LogP contribution is 2.18. The van der Waals surface area contributed by atoms with Crippen molar-refractivity contribution in [2.45, 2.75) is 6.54 Å². The van der Waals surface area contributed by atoms with Gasteiger partial charge in [0.15, 0.2) is 5.43 Å². The Labute approximate surface area is 112 Å². The standard InChI is InChI=1S/C13H10N2O5/c16-12-5-6-14(8-10(12)13(17)18)7-9-3-1-2-4-11(9)15(19)20/h1-6,8H,7H2,(H,17,18). The third kappa shape index (κ3) is 2.72. The first kappa shape index (κ1) is 13.5. The van der Waals surface area contributed by atoms with Crippen LogP contribution in [0.4, 0.5) is 5.69 Å². The number of nitro benzene ring substituents is 1. The number of aromatic carboxylic acids is 1. The first-order valence-corrected chi connectivity index (χ1v) is 5.64. The van der Waals surface area contributed by atoms with Crippen LogP contribution in [0.2, 0.25) is 0 Å². The van der Waals surface area contributed by atoms with Crippen LogP contribution in [0, 0.1) is 10.1 Å². The topological polar surface area (TPSA) is 102 Å². The summed E-state index contributed by atoms with van der Waals surface area (Å²) in [5.41, 5.74) is -0.594. The fourth-order valence-electron chi connectivity index (χ4n) is 1.80. The third-order valence-corrected chi connectivity index (χ3v) is 2.75. The molecule has 1 aromatic heterocycles. The molecule has 1 aromatic carbocycles. The zero-order valence-electron chi connectivity index (χ0n) is 10.2. The first-order valence-electron chi connectivity index (χ1n) is 5.64. The van der Waals surface area contributed by atoms with Crippen LogP contribution in [-0.4, -0.2) is 20.6 Å². The fourth-order valence-corrected chi connectivity index (χ4v) is 1.80. The SMILES string of the molecule is O=C(O)c1cn(Cc2ccccc2[N+](=O)[O-])ccc1=O. The number of pyridine rings is 1. The van der Waals surface area contributed by atoms with Crippen LogP contribution < -0.4 is 5.43 Å². The molecule has 0 saturated carbocycles. The molecule has 2 aromatic rings. The van der Waals surface area contributed by atoms with E-state index in [1.807, 2.05) is 0 Å². The molecule has 102 valence electrons. The van der Waals surface area contributed by atoms with E-state index in [-0.39, 0.29) is 17.8 Å². The van der Waals surface area contributed by atoms with E-state index >= 15 is 0 Å². The van der Waals surface area contributed by atoms with Crippen LogP contribution >= 0.6 is 0 Å². The molecule has 2 rings (SSSR count). The fraction of sp³-hybridized carbons (Fsp3) is 0.0769. The second-order valence-corrected chi connectivity index (χ2v) is 4.09. The van der Waals surface area contributed by atoms with Gasteiger partial charge in [-0.3, -0.25) is 14.9 Å². The highest BCUT2D eigenvalue weighted by molar-refractivity contribution is 5.86. The lowest BCUT2D eigenvalue weighted by Gasteiger charge is -2.07. The summed E-state index contributed by atoms with van der Waals surface area (Å²) in [6, 6.07) is 7.28. The molecule has 0 aliphatic heterocycles. The number of carboxylic acid groups (broad SMARTS) is 1. The monoisotopic (exact) mass is 274 g/mol. The minimum atomic E-state index is -1.33. The maximum Gasteiger partial charge on any atom is 0.341 e. The summed E-state index contributed by atoms with van der Waals surface area (Å²) in [7, 11) is 0. The highest BCUT2D eigenvalue weighted by Gasteiger charge is 2.13. The molecule has 1 heterocycles. The summed E-state index contributed by atoms with van der Waals surface area (Å²) >= 11 is 0. The van der Waals surface area contributed by atoms with Gasteiger partial charge in [-0.1, -0.05) is 18.2 Å². The summed E-state index contributed by atoms with van der Waals surface area (Å²) in [4.78, 5) is 32.6. The quantitative estimate of drug-likeness (QED) is 0.672. The molecular formula is C13H10N2O5. The number of para-hydroxylation sites is 1. The molecule has 7 nitrogen and oxygen atoms in total. The van der Waals surface area contributed by atoms with E-state index in [9.17, 15) is 19.7 Å². The average molecular weight is 274 g/mol. The Bertz CT molecular complexity index is 736. The van der Waals surface area contributed by atoms with Crippen molar-refractivity contribution in [1.29, 1.82) is 0 Å². The van der Waals surface area contributed by atoms with Gasteiger partial charge in [0, 0.05) is 30.1 Å². The van der Waals surface area contributed by atoms with Crippen molar-refractivity contribution in [3.8, 4) is 0 Å². The predicted molar refractivity (Wildman–Crippen MR) is 69.9 cm³/mol. The predicted octanol–water partition coefficient (Wildman–Crippen LogP) is 1.50. The van der Waals surface area contributed by atoms with Gasteiger partial charge in [-0.2, -0.15) is 0 Å². The van der Waals surface area contributed by atoms with Crippen molar-refractivity contribution < 1.29 is 14.8 Å². The lowest BCUT2D eigenvalue weighted by atomic mass is 10.1. The number of aromatic nitrogens is 1. The Morgan fingerprint density at radius 2 is 2.00 bits per heavy atom. The second kappa shape index (κ2) is 5.35. The van der Waals surface area contributed by atoms with Gasteiger partial charge < -0.3 is 9.67 Å². The van der Waals surface area contributed by atoms with Gasteiger partial charge >= 0.3 is 5.97 Å². The van der Waals surface area contributed by atoms with Gasteiger partial charge in [0.1, 0.15) is 5.56 Å². The van der Waals surface area contributed by atoms with Gasteiger partial charge in [-0.15, -0.1) is 0 Å². The Morgan fingerprint density at radius 1 is 1.30 bits per heavy atom. The lowest BCUT2D eigenvalue weighted by molar-refractivity contribution is -0.385. The largest absolute Gasteiger partial charge is 0.477 e. The van der Waals surface area contributed by atoms with Crippen molar-refractivity contribution in [2.24, 2.45) is 0 Å². The van der Waals surface area contributed by atoms with Gasteiger partial charge in [0.2, 0.25) is 0 Å². The zero-order chi connectivity index (χ0) is 14.7. The molecule has 0 aliphatic rings. The number of nitro groups is 1. The van der Waals surface area contributed by atoms with Gasteiger partial charge in [0.05, 0.1) is 11.5 Å². The van der Waals surface area contributed by atoms with Crippen LogP contribution in [0.15, 0.2) is 47.5 Å². The molecule has 0 atom stereocenters. The molecule has 7 heteroatoms. The summed E-state index contributed by atoms with van der Waals surface area (Å²) in [5.74, 6) is -1.33. The summed E-state index contributed by atoms with van der Waals surface area (Å²) < 4.78 is 1.42. The van der Waals surface area contributed by atoms with E-state index in [1.165, 1.54) is 23.0 Å². The molecule has 0 amide bonds. The highest BCUT2D eigenvalue weighted by atomic mass is 16.6. The van der Waals surface area contributed by atoms with Crippen molar-refractivity contribution >= 4 is 11.7 Å². The number of hydrogen-bond acceptors (Lipinski definition) is 4.